The van der Waals surface area contributed by atoms with Gasteiger partial charge in [-0.25, -0.2) is 0 Å². The molecular weight excluding hydrogens is 338 g/mol. The zero-order valence-electron chi connectivity index (χ0n) is 13.1. The van der Waals surface area contributed by atoms with Crippen LogP contribution in [0.4, 0.5) is 11.4 Å². The number of fused-ring (bicyclic) bond motifs is 3. The molecule has 2 N–H and O–H groups in total. The second-order valence-corrected chi connectivity index (χ2v) is 8.89. The summed E-state index contributed by atoms with van der Waals surface area (Å²) >= 11 is 1.54. The van der Waals surface area contributed by atoms with Gasteiger partial charge in [-0.3, -0.25) is 19.7 Å². The average Bonchev–Trinajstić information content (AvgIpc) is 3.13. The third kappa shape index (κ3) is 1.17. The largest absolute Gasteiger partial charge is 0.870 e. The van der Waals surface area contributed by atoms with Crippen LogP contribution in [-0.2, 0) is 10.2 Å². The molecule has 1 aliphatic carbocycles. The van der Waals surface area contributed by atoms with Crippen LogP contribution in [0.15, 0.2) is 21.0 Å². The van der Waals surface area contributed by atoms with Crippen molar-refractivity contribution < 1.29 is 19.9 Å². The zero-order valence-corrected chi connectivity index (χ0v) is 13.9. The molecule has 2 unspecified atom stereocenters. The minimum absolute atomic E-state index is 0.00214. The minimum Gasteiger partial charge on any atom is -0.870 e. The van der Waals surface area contributed by atoms with E-state index >= 15 is 0 Å². The Morgan fingerprint density at radius 3 is 3.20 bits per heavy atom. The summed E-state index contributed by atoms with van der Waals surface area (Å²) in [4.78, 5) is 23.8. The van der Waals surface area contributed by atoms with Crippen molar-refractivity contribution in [1.82, 2.24) is 0 Å². The van der Waals surface area contributed by atoms with Gasteiger partial charge in [0.1, 0.15) is 17.2 Å². The second-order valence-electron chi connectivity index (χ2n) is 7.67. The second kappa shape index (κ2) is 3.75. The van der Waals surface area contributed by atoms with Gasteiger partial charge >= 0.3 is 0 Å². The molecule has 1 aromatic carbocycles. The molecule has 1 fully saturated rings. The molecule has 1 spiro atoms. The molecule has 6 aliphatic rings. The van der Waals surface area contributed by atoms with Gasteiger partial charge in [-0.1, -0.05) is 5.75 Å². The number of thioether (sulfide) groups is 1. The minimum atomic E-state index is -0.782. The highest BCUT2D eigenvalue weighted by Gasteiger charge is 2.66. The van der Waals surface area contributed by atoms with Gasteiger partial charge in [0.2, 0.25) is 5.78 Å². The fraction of sp³-hybridized carbons (Fsp3) is 0.389. The number of nitrogens with zero attached hydrogens (tertiary/aromatic N) is 2. The van der Waals surface area contributed by atoms with Crippen molar-refractivity contribution in [2.75, 3.05) is 6.54 Å². The zero-order chi connectivity index (χ0) is 16.7. The molecule has 25 heavy (non-hydrogen) atoms. The first-order chi connectivity index (χ1) is 12.1. The first-order valence-corrected chi connectivity index (χ1v) is 9.48. The Kier molecular flexibility index (Phi) is 1.99. The van der Waals surface area contributed by atoms with E-state index in [1.54, 1.807) is 12.3 Å². The molecule has 1 aromatic rings. The number of hydrogen-bond donors (Lipinski definition) is 2. The van der Waals surface area contributed by atoms with Crippen LogP contribution in [0.2, 0.25) is 0 Å². The lowest BCUT2D eigenvalue weighted by Gasteiger charge is -2.50. The number of ketones is 1. The van der Waals surface area contributed by atoms with Crippen molar-refractivity contribution in [3.05, 3.63) is 27.1 Å². The predicted molar refractivity (Wildman–Crippen MR) is 88.9 cm³/mol. The van der Waals surface area contributed by atoms with Crippen molar-refractivity contribution in [3.63, 3.8) is 0 Å². The van der Waals surface area contributed by atoms with Crippen LogP contribution in [0.25, 0.3) is 5.57 Å². The SMILES string of the molecule is O=C1C=C2S[C@H]3C[C@]24c2c5c6c(c([O-])c2=N3)N=CC=6CC[NH+]5C1[C@@H]4O. The van der Waals surface area contributed by atoms with Crippen LogP contribution < -0.4 is 20.6 Å². The number of aliphatic imine (C=N–C) groups is 1. The van der Waals surface area contributed by atoms with Gasteiger partial charge in [-0.05, 0) is 18.1 Å². The van der Waals surface area contributed by atoms with Crippen molar-refractivity contribution in [2.24, 2.45) is 9.98 Å². The average molecular weight is 351 g/mol. The van der Waals surface area contributed by atoms with Gasteiger partial charge in [0.05, 0.1) is 33.8 Å². The fourth-order valence-electron chi connectivity index (χ4n) is 5.83. The molecule has 3 bridgehead atoms. The van der Waals surface area contributed by atoms with Crippen LogP contribution in [0.5, 0.6) is 5.75 Å². The van der Waals surface area contributed by atoms with Crippen LogP contribution in [-0.4, -0.2) is 41.2 Å². The van der Waals surface area contributed by atoms with Gasteiger partial charge in [-0.15, -0.1) is 11.8 Å². The molecule has 0 saturated carbocycles. The van der Waals surface area contributed by atoms with Crippen LogP contribution in [0.3, 0.4) is 0 Å². The summed E-state index contributed by atoms with van der Waals surface area (Å²) in [6.45, 7) is 0.738. The molecule has 0 aromatic heterocycles. The number of nitrogens with one attached hydrogen (secondary N) is 1. The van der Waals surface area contributed by atoms with E-state index in [0.717, 1.165) is 44.8 Å². The molecule has 0 radical (unpaired) electrons. The molecule has 0 amide bonds. The summed E-state index contributed by atoms with van der Waals surface area (Å²) in [7, 11) is 0. The smallest absolute Gasteiger partial charge is 0.216 e. The molecule has 7 heteroatoms. The van der Waals surface area contributed by atoms with E-state index in [4.69, 9.17) is 4.99 Å². The highest BCUT2D eigenvalue weighted by molar-refractivity contribution is 8.04. The summed E-state index contributed by atoms with van der Waals surface area (Å²) in [6.07, 6.45) is 4.18. The number of aliphatic hydroxyl groups excluding tert-OH is 1. The summed E-state index contributed by atoms with van der Waals surface area (Å²) < 4.78 is 0. The highest BCUT2D eigenvalue weighted by Crippen LogP contribution is 2.60. The van der Waals surface area contributed by atoms with E-state index in [2.05, 4.69) is 4.99 Å². The third-order valence-corrected chi connectivity index (χ3v) is 8.03. The van der Waals surface area contributed by atoms with Gasteiger partial charge in [0.25, 0.3) is 0 Å². The van der Waals surface area contributed by atoms with Crippen molar-refractivity contribution in [3.8, 4) is 5.75 Å². The Morgan fingerprint density at radius 1 is 1.44 bits per heavy atom. The number of carbonyl (C=O) groups excluding carboxylic acids is 1. The summed E-state index contributed by atoms with van der Waals surface area (Å²) in [6, 6.07) is -0.481. The van der Waals surface area contributed by atoms with Crippen molar-refractivity contribution >= 4 is 40.7 Å². The summed E-state index contributed by atoms with van der Waals surface area (Å²) in [5.41, 5.74) is 2.85. The van der Waals surface area contributed by atoms with Crippen LogP contribution in [0, 0.1) is 0 Å². The van der Waals surface area contributed by atoms with Gasteiger partial charge in [-0.2, -0.15) is 0 Å². The Hall–Kier alpha value is -1.96. The molecule has 5 aliphatic heterocycles. The van der Waals surface area contributed by atoms with Crippen molar-refractivity contribution in [2.45, 2.75) is 35.8 Å². The van der Waals surface area contributed by atoms with E-state index < -0.39 is 17.6 Å². The molecule has 6 nitrogen and oxygen atoms in total. The third-order valence-electron chi connectivity index (χ3n) is 6.75. The monoisotopic (exact) mass is 351 g/mol. The van der Waals surface area contributed by atoms with Crippen molar-refractivity contribution in [1.29, 1.82) is 0 Å². The summed E-state index contributed by atoms with van der Waals surface area (Å²) in [5, 5.41) is 25.7. The Balaban J connectivity index is 1.79. The lowest BCUT2D eigenvalue weighted by molar-refractivity contribution is -0.859. The first-order valence-electron chi connectivity index (χ1n) is 8.60. The molecule has 124 valence electrons. The maximum atomic E-state index is 13.1. The number of carbonyl (C=O) groups is 1. The molecular formula is C18H13N3O3S. The molecule has 1 saturated heterocycles. The van der Waals surface area contributed by atoms with E-state index in [1.807, 2.05) is 0 Å². The lowest BCUT2D eigenvalue weighted by Crippen LogP contribution is -3.17. The Bertz CT molecular complexity index is 1140. The normalized spacial score (nSPS) is 40.3. The molecule has 5 heterocycles. The van der Waals surface area contributed by atoms with Gasteiger partial charge < -0.3 is 10.2 Å². The van der Waals surface area contributed by atoms with E-state index in [-0.39, 0.29) is 16.9 Å². The fourth-order valence-corrected chi connectivity index (χ4v) is 7.32. The summed E-state index contributed by atoms with van der Waals surface area (Å²) in [5.74, 6) is -0.118. The van der Waals surface area contributed by atoms with Crippen LogP contribution in [0.1, 0.15) is 18.4 Å². The lowest BCUT2D eigenvalue weighted by atomic mass is 9.62. The number of rotatable bonds is 0. The first kappa shape index (κ1) is 13.3. The number of quaternary nitrogens is 1. The maximum Gasteiger partial charge on any atom is 0.216 e. The predicted octanol–water partition coefficient (Wildman–Crippen LogP) is -1.91. The highest BCUT2D eigenvalue weighted by atomic mass is 32.2. The Morgan fingerprint density at radius 2 is 2.32 bits per heavy atom. The van der Waals surface area contributed by atoms with E-state index in [0.29, 0.717) is 17.5 Å². The topological polar surface area (TPSA) is 89.5 Å². The molecule has 7 rings (SSSR count). The van der Waals surface area contributed by atoms with Crippen LogP contribution >= 0.6 is 11.8 Å². The number of benzene rings is 1. The van der Waals surface area contributed by atoms with E-state index in [9.17, 15) is 15.0 Å². The quantitative estimate of drug-likeness (QED) is 0.571. The van der Waals surface area contributed by atoms with Gasteiger partial charge in [0, 0.05) is 17.5 Å². The number of hydrogen-bond acceptors (Lipinski definition) is 6. The van der Waals surface area contributed by atoms with E-state index in [1.165, 1.54) is 11.8 Å². The Labute approximate surface area is 146 Å². The van der Waals surface area contributed by atoms with Gasteiger partial charge in [0.15, 0.2) is 6.04 Å². The number of aliphatic hydroxyl groups is 1. The maximum absolute atomic E-state index is 13.1. The molecule has 5 atom stereocenters. The standard InChI is InChI=1S/C18H13N3O3S/c22-7-3-8-18-4-9(25-8)20-13-11(18)15-10-6(5-19-12(10)16(13)23)1-2-21(15)14(7)17(18)24/h3,5,9,14,17,23-24H,1-2,4H2/t9-,14?,17-,18+/m0/s1.